The van der Waals surface area contributed by atoms with Crippen LogP contribution in [-0.4, -0.2) is 35.5 Å². The molecule has 1 N–H and O–H groups in total. The van der Waals surface area contributed by atoms with E-state index in [1.165, 1.54) is 18.0 Å². The standard InChI is InChI=1S/C32H22Br2N4O5/c1-41-25-16-20(28(33)29(34)30(25)42-18-27(39)36-21-10-3-2-4-11-21)17-35-38-31(26-15-19-9-5-8-14-24(19)43-26)37-23-13-7-6-12-22(23)32(38)40/h2-17H,18H2,1H3,(H,36,39). The van der Waals surface area contributed by atoms with Crippen LogP contribution >= 0.6 is 31.9 Å². The zero-order valence-electron chi connectivity index (χ0n) is 22.6. The molecule has 9 nitrogen and oxygen atoms in total. The Balaban J connectivity index is 1.36. The summed E-state index contributed by atoms with van der Waals surface area (Å²) >= 11 is 7.12. The number of ether oxygens (including phenoxy) is 2. The van der Waals surface area contributed by atoms with Crippen LogP contribution in [0.3, 0.4) is 0 Å². The lowest BCUT2D eigenvalue weighted by Gasteiger charge is -2.15. The number of hydrogen-bond donors (Lipinski definition) is 1. The molecule has 4 aromatic carbocycles. The average Bonchev–Trinajstić information content (AvgIpc) is 3.46. The van der Waals surface area contributed by atoms with Crippen molar-refractivity contribution in [2.75, 3.05) is 19.0 Å². The summed E-state index contributed by atoms with van der Waals surface area (Å²) < 4.78 is 19.7. The SMILES string of the molecule is COc1cc(C=Nn2c(-c3cc4ccccc4o3)nc3ccccc3c2=O)c(Br)c(Br)c1OCC(=O)Nc1ccccc1. The molecule has 6 rings (SSSR count). The molecular formula is C32H22Br2N4O5. The predicted molar refractivity (Wildman–Crippen MR) is 173 cm³/mol. The van der Waals surface area contributed by atoms with Crippen LogP contribution in [-0.2, 0) is 4.79 Å². The summed E-state index contributed by atoms with van der Waals surface area (Å²) in [6.45, 7) is -0.247. The highest BCUT2D eigenvalue weighted by atomic mass is 79.9. The van der Waals surface area contributed by atoms with Gasteiger partial charge in [0.05, 0.1) is 28.7 Å². The molecule has 214 valence electrons. The lowest BCUT2D eigenvalue weighted by atomic mass is 10.2. The van der Waals surface area contributed by atoms with Gasteiger partial charge in [-0.05, 0) is 74.3 Å². The van der Waals surface area contributed by atoms with Crippen molar-refractivity contribution < 1.29 is 18.7 Å². The maximum Gasteiger partial charge on any atom is 0.282 e. The van der Waals surface area contributed by atoms with E-state index in [2.05, 4.69) is 42.3 Å². The summed E-state index contributed by atoms with van der Waals surface area (Å²) in [5, 5.41) is 8.61. The molecule has 0 spiro atoms. The number of anilines is 1. The van der Waals surface area contributed by atoms with Gasteiger partial charge >= 0.3 is 0 Å². The first kappa shape index (κ1) is 28.4. The molecule has 0 radical (unpaired) electrons. The number of benzene rings is 4. The van der Waals surface area contributed by atoms with Crippen molar-refractivity contribution in [3.8, 4) is 23.1 Å². The van der Waals surface area contributed by atoms with E-state index in [9.17, 15) is 9.59 Å². The van der Waals surface area contributed by atoms with Crippen LogP contribution in [0.5, 0.6) is 11.5 Å². The van der Waals surface area contributed by atoms with E-state index >= 15 is 0 Å². The Morgan fingerprint density at radius 1 is 1.00 bits per heavy atom. The quantitative estimate of drug-likeness (QED) is 0.168. The van der Waals surface area contributed by atoms with E-state index in [4.69, 9.17) is 18.9 Å². The average molecular weight is 702 g/mol. The number of fused-ring (bicyclic) bond motifs is 2. The summed E-state index contributed by atoms with van der Waals surface area (Å²) in [7, 11) is 1.49. The van der Waals surface area contributed by atoms with Gasteiger partial charge in [-0.15, -0.1) is 0 Å². The van der Waals surface area contributed by atoms with Gasteiger partial charge < -0.3 is 19.2 Å². The summed E-state index contributed by atoms with van der Waals surface area (Å²) in [4.78, 5) is 30.8. The number of amides is 1. The molecule has 43 heavy (non-hydrogen) atoms. The number of halogens is 2. The Labute approximate surface area is 262 Å². The molecular weight excluding hydrogens is 680 g/mol. The highest BCUT2D eigenvalue weighted by Gasteiger charge is 2.19. The van der Waals surface area contributed by atoms with Crippen molar-refractivity contribution in [2.24, 2.45) is 5.10 Å². The largest absolute Gasteiger partial charge is 0.493 e. The van der Waals surface area contributed by atoms with E-state index in [1.54, 1.807) is 36.4 Å². The number of furan rings is 1. The van der Waals surface area contributed by atoms with Crippen molar-refractivity contribution in [2.45, 2.75) is 0 Å². The van der Waals surface area contributed by atoms with E-state index in [-0.39, 0.29) is 23.9 Å². The summed E-state index contributed by atoms with van der Waals surface area (Å²) in [6, 6.07) is 27.2. The van der Waals surface area contributed by atoms with Crippen LogP contribution in [0.15, 0.2) is 114 Å². The fourth-order valence-corrected chi connectivity index (χ4v) is 5.38. The van der Waals surface area contributed by atoms with Gasteiger partial charge in [-0.1, -0.05) is 48.5 Å². The number of nitrogens with one attached hydrogen (secondary N) is 1. The van der Waals surface area contributed by atoms with Gasteiger partial charge in [-0.25, -0.2) is 4.98 Å². The number of methoxy groups -OCH3 is 1. The first-order valence-electron chi connectivity index (χ1n) is 13.0. The summed E-state index contributed by atoms with van der Waals surface area (Å²) in [6.07, 6.45) is 1.51. The molecule has 11 heteroatoms. The first-order chi connectivity index (χ1) is 20.9. The van der Waals surface area contributed by atoms with Gasteiger partial charge in [0.2, 0.25) is 5.82 Å². The second-order valence-electron chi connectivity index (χ2n) is 9.29. The number of carbonyl (C=O) groups excluding carboxylic acids is 1. The molecule has 2 heterocycles. The van der Waals surface area contributed by atoms with Crippen molar-refractivity contribution >= 4 is 71.5 Å². The van der Waals surface area contributed by atoms with Crippen molar-refractivity contribution in [1.29, 1.82) is 0 Å². The Kier molecular flexibility index (Phi) is 8.08. The Morgan fingerprint density at radius 3 is 2.53 bits per heavy atom. The van der Waals surface area contributed by atoms with Crippen LogP contribution in [0.1, 0.15) is 5.56 Å². The fourth-order valence-electron chi connectivity index (χ4n) is 4.44. The highest BCUT2D eigenvalue weighted by molar-refractivity contribution is 9.13. The number of nitrogens with zero attached hydrogens (tertiary/aromatic N) is 3. The second-order valence-corrected chi connectivity index (χ2v) is 10.9. The minimum absolute atomic E-state index is 0.247. The second kappa shape index (κ2) is 12.2. The zero-order chi connectivity index (χ0) is 29.9. The van der Waals surface area contributed by atoms with E-state index < -0.39 is 0 Å². The van der Waals surface area contributed by atoms with Gasteiger partial charge in [0.25, 0.3) is 11.5 Å². The number of rotatable bonds is 8. The number of para-hydroxylation sites is 3. The number of carbonyl (C=O) groups is 1. The zero-order valence-corrected chi connectivity index (χ0v) is 25.8. The van der Waals surface area contributed by atoms with Crippen molar-refractivity contribution in [3.63, 3.8) is 0 Å². The highest BCUT2D eigenvalue weighted by Crippen LogP contribution is 2.42. The number of hydrogen-bond acceptors (Lipinski definition) is 7. The third-order valence-corrected chi connectivity index (χ3v) is 8.64. The van der Waals surface area contributed by atoms with Gasteiger partial charge in [0, 0.05) is 21.1 Å². The van der Waals surface area contributed by atoms with Gasteiger partial charge in [-0.3, -0.25) is 9.59 Å². The summed E-state index contributed by atoms with van der Waals surface area (Å²) in [5.41, 5.74) is 2.07. The maximum atomic E-state index is 13.6. The fraction of sp³-hybridized carbons (Fsp3) is 0.0625. The molecule has 0 fully saturated rings. The van der Waals surface area contributed by atoms with Crippen LogP contribution in [0, 0.1) is 0 Å². The minimum atomic E-state index is -0.358. The van der Waals surface area contributed by atoms with Crippen molar-refractivity contribution in [1.82, 2.24) is 9.66 Å². The smallest absolute Gasteiger partial charge is 0.282 e. The molecule has 0 atom stereocenters. The first-order valence-corrected chi connectivity index (χ1v) is 14.6. The van der Waals surface area contributed by atoms with E-state index in [0.717, 1.165) is 5.39 Å². The molecule has 0 unspecified atom stereocenters. The third kappa shape index (κ3) is 5.81. The molecule has 0 aliphatic rings. The molecule has 0 aliphatic carbocycles. The third-order valence-electron chi connectivity index (χ3n) is 6.49. The lowest BCUT2D eigenvalue weighted by molar-refractivity contribution is -0.118. The molecule has 2 aromatic heterocycles. The molecule has 1 amide bonds. The van der Waals surface area contributed by atoms with Crippen molar-refractivity contribution in [3.05, 3.63) is 116 Å². The maximum absolute atomic E-state index is 13.6. The molecule has 0 saturated heterocycles. The van der Waals surface area contributed by atoms with Crippen LogP contribution in [0.25, 0.3) is 33.5 Å². The topological polar surface area (TPSA) is 108 Å². The van der Waals surface area contributed by atoms with E-state index in [0.29, 0.717) is 53.9 Å². The normalized spacial score (nSPS) is 11.3. The van der Waals surface area contributed by atoms with Crippen LogP contribution in [0.4, 0.5) is 5.69 Å². The lowest BCUT2D eigenvalue weighted by Crippen LogP contribution is -2.20. The van der Waals surface area contributed by atoms with Gasteiger partial charge in [0.15, 0.2) is 23.9 Å². The van der Waals surface area contributed by atoms with Gasteiger partial charge in [0.1, 0.15) is 5.58 Å². The Bertz CT molecular complexity index is 2040. The van der Waals surface area contributed by atoms with E-state index in [1.807, 2.05) is 54.6 Å². The Morgan fingerprint density at radius 2 is 1.74 bits per heavy atom. The minimum Gasteiger partial charge on any atom is -0.493 e. The molecule has 6 aromatic rings. The van der Waals surface area contributed by atoms with Crippen LogP contribution in [0.2, 0.25) is 0 Å². The molecule has 0 bridgehead atoms. The van der Waals surface area contributed by atoms with Crippen LogP contribution < -0.4 is 20.3 Å². The summed E-state index contributed by atoms with van der Waals surface area (Å²) in [5.74, 6) is 0.996. The Hall–Kier alpha value is -4.74. The predicted octanol–water partition coefficient (Wildman–Crippen LogP) is 7.24. The molecule has 0 saturated carbocycles. The number of aromatic nitrogens is 2. The monoisotopic (exact) mass is 700 g/mol. The molecule has 0 aliphatic heterocycles. The van der Waals surface area contributed by atoms with Gasteiger partial charge in [-0.2, -0.15) is 9.78 Å².